The second-order valence-corrected chi connectivity index (χ2v) is 6.19. The highest BCUT2D eigenvalue weighted by atomic mass is 79.9. The van der Waals surface area contributed by atoms with Crippen LogP contribution >= 0.6 is 15.9 Å². The van der Waals surface area contributed by atoms with Gasteiger partial charge in [0.15, 0.2) is 0 Å². The van der Waals surface area contributed by atoms with Crippen LogP contribution in [0.5, 0.6) is 0 Å². The minimum Gasteiger partial charge on any atom is -0.469 e. The molecule has 0 bridgehead atoms. The zero-order chi connectivity index (χ0) is 13.1. The van der Waals surface area contributed by atoms with Crippen LogP contribution in [0.15, 0.2) is 48.6 Å². The zero-order valence-electron chi connectivity index (χ0n) is 10.4. The molecule has 0 atom stereocenters. The summed E-state index contributed by atoms with van der Waals surface area (Å²) in [6.45, 7) is 0. The summed E-state index contributed by atoms with van der Waals surface area (Å²) in [4.78, 5) is 11.2. The van der Waals surface area contributed by atoms with Gasteiger partial charge in [0.1, 0.15) is 0 Å². The molecule has 0 aromatic heterocycles. The molecule has 1 spiro atoms. The predicted octanol–water partition coefficient (Wildman–Crippen LogP) is 3.70. The lowest BCUT2D eigenvalue weighted by Gasteiger charge is -2.31. The minimum absolute atomic E-state index is 0.0687. The minimum atomic E-state index is -0.231. The van der Waals surface area contributed by atoms with Gasteiger partial charge in [-0.15, -0.1) is 0 Å². The number of halogens is 1. The lowest BCUT2D eigenvalue weighted by atomic mass is 9.78. The summed E-state index contributed by atoms with van der Waals surface area (Å²) < 4.78 is 4.44. The van der Waals surface area contributed by atoms with E-state index in [4.69, 9.17) is 0 Å². The third kappa shape index (κ3) is 3.02. The monoisotopic (exact) mass is 308 g/mol. The second kappa shape index (κ2) is 5.27. The molecule has 18 heavy (non-hydrogen) atoms. The Hall–Kier alpha value is -1.09. The molecule has 2 aliphatic carbocycles. The van der Waals surface area contributed by atoms with Crippen molar-refractivity contribution in [1.29, 1.82) is 0 Å². The van der Waals surface area contributed by atoms with Gasteiger partial charge in [0, 0.05) is 11.8 Å². The molecule has 96 valence electrons. The highest BCUT2D eigenvalue weighted by Crippen LogP contribution is 2.39. The van der Waals surface area contributed by atoms with Crippen molar-refractivity contribution in [1.82, 2.24) is 0 Å². The van der Waals surface area contributed by atoms with Crippen molar-refractivity contribution in [2.75, 3.05) is 7.11 Å². The average molecular weight is 309 g/mol. The number of hydrogen-bond donors (Lipinski definition) is 0. The van der Waals surface area contributed by atoms with E-state index in [-0.39, 0.29) is 15.7 Å². The van der Waals surface area contributed by atoms with E-state index >= 15 is 0 Å². The van der Waals surface area contributed by atoms with Gasteiger partial charge in [-0.3, -0.25) is 4.79 Å². The quantitative estimate of drug-likeness (QED) is 0.451. The summed E-state index contributed by atoms with van der Waals surface area (Å²) in [5, 5.41) is 0. The molecule has 0 saturated carbocycles. The lowest BCUT2D eigenvalue weighted by molar-refractivity contribution is -0.140. The molecule has 0 aliphatic heterocycles. The van der Waals surface area contributed by atoms with Crippen LogP contribution in [0.3, 0.4) is 0 Å². The Morgan fingerprint density at radius 3 is 2.33 bits per heavy atom. The molecule has 3 heteroatoms. The van der Waals surface area contributed by atoms with E-state index in [1.54, 1.807) is 0 Å². The van der Waals surface area contributed by atoms with E-state index in [1.807, 2.05) is 0 Å². The number of ether oxygens (including phenoxy) is 1. The Balaban J connectivity index is 2.03. The molecule has 0 aromatic carbocycles. The Labute approximate surface area is 116 Å². The van der Waals surface area contributed by atoms with Crippen molar-refractivity contribution >= 4 is 21.9 Å². The maximum Gasteiger partial charge on any atom is 0.305 e. The second-order valence-electron chi connectivity index (χ2n) is 4.71. The van der Waals surface area contributed by atoms with E-state index in [2.05, 4.69) is 69.3 Å². The fourth-order valence-electron chi connectivity index (χ4n) is 2.14. The first-order valence-corrected chi connectivity index (χ1v) is 6.89. The van der Waals surface area contributed by atoms with Crippen LogP contribution in [0.4, 0.5) is 0 Å². The number of rotatable bonds is 3. The van der Waals surface area contributed by atoms with Crippen LogP contribution in [0.1, 0.15) is 19.3 Å². The van der Waals surface area contributed by atoms with Gasteiger partial charge in [-0.25, -0.2) is 0 Å². The Morgan fingerprint density at radius 1 is 1.17 bits per heavy atom. The largest absolute Gasteiger partial charge is 0.469 e. The molecule has 2 rings (SSSR count). The number of carbonyl (C=O) groups excluding carboxylic acids is 1. The van der Waals surface area contributed by atoms with Crippen LogP contribution in [-0.4, -0.2) is 17.4 Å². The molecule has 0 aromatic rings. The summed E-state index contributed by atoms with van der Waals surface area (Å²) in [6, 6.07) is 0. The third-order valence-electron chi connectivity index (χ3n) is 3.32. The number of esters is 1. The zero-order valence-corrected chi connectivity index (χ0v) is 12.0. The smallest absolute Gasteiger partial charge is 0.305 e. The van der Waals surface area contributed by atoms with Gasteiger partial charge >= 0.3 is 5.97 Å². The molecule has 0 N–H and O–H groups in total. The van der Waals surface area contributed by atoms with Crippen LogP contribution < -0.4 is 0 Å². The molecule has 2 aliphatic rings. The predicted molar refractivity (Wildman–Crippen MR) is 76.5 cm³/mol. The third-order valence-corrected chi connectivity index (χ3v) is 4.25. The van der Waals surface area contributed by atoms with Gasteiger partial charge in [-0.05, 0) is 12.8 Å². The summed E-state index contributed by atoms with van der Waals surface area (Å²) in [5.41, 5.74) is -0.0687. The Morgan fingerprint density at radius 2 is 1.78 bits per heavy atom. The molecular formula is C15H17BrO2. The topological polar surface area (TPSA) is 26.3 Å². The van der Waals surface area contributed by atoms with Crippen molar-refractivity contribution < 1.29 is 9.53 Å². The normalized spacial score (nSPS) is 22.3. The van der Waals surface area contributed by atoms with E-state index < -0.39 is 0 Å². The summed E-state index contributed by atoms with van der Waals surface area (Å²) >= 11 is 3.67. The van der Waals surface area contributed by atoms with Crippen molar-refractivity contribution in [3.05, 3.63) is 48.6 Å². The first kappa shape index (κ1) is 13.3. The van der Waals surface area contributed by atoms with Gasteiger partial charge in [-0.2, -0.15) is 0 Å². The van der Waals surface area contributed by atoms with Gasteiger partial charge in [0.25, 0.3) is 0 Å². The van der Waals surface area contributed by atoms with E-state index in [0.717, 1.165) is 6.42 Å². The van der Waals surface area contributed by atoms with Crippen molar-refractivity contribution in [3.63, 3.8) is 0 Å². The van der Waals surface area contributed by atoms with Crippen LogP contribution in [0.25, 0.3) is 0 Å². The summed E-state index contributed by atoms with van der Waals surface area (Å²) in [6.07, 6.45) is 19.5. The molecule has 0 amide bonds. The van der Waals surface area contributed by atoms with Gasteiger partial charge < -0.3 is 4.74 Å². The molecule has 2 nitrogen and oxygen atoms in total. The SMILES string of the molecule is COC(=O)CCC1(Br)C=CC2(C=CCC=C2)C=C1. The van der Waals surface area contributed by atoms with E-state index in [0.29, 0.717) is 12.8 Å². The van der Waals surface area contributed by atoms with Gasteiger partial charge in [0.05, 0.1) is 11.4 Å². The molecule has 0 heterocycles. The summed E-state index contributed by atoms with van der Waals surface area (Å²) in [5.74, 6) is -0.173. The van der Waals surface area contributed by atoms with Gasteiger partial charge in [0.2, 0.25) is 0 Å². The molecule has 0 saturated heterocycles. The van der Waals surface area contributed by atoms with Crippen LogP contribution in [0, 0.1) is 5.41 Å². The highest BCUT2D eigenvalue weighted by molar-refractivity contribution is 9.10. The number of allylic oxidation sites excluding steroid dienone is 8. The number of hydrogen-bond acceptors (Lipinski definition) is 2. The highest BCUT2D eigenvalue weighted by Gasteiger charge is 2.29. The first-order valence-electron chi connectivity index (χ1n) is 6.09. The Bertz CT molecular complexity index is 415. The van der Waals surface area contributed by atoms with Crippen molar-refractivity contribution in [3.8, 4) is 0 Å². The fraction of sp³-hybridized carbons (Fsp3) is 0.400. The van der Waals surface area contributed by atoms with Gasteiger partial charge in [-0.1, -0.05) is 64.5 Å². The molecule has 0 radical (unpaired) electrons. The standard InChI is InChI=1S/C15H17BrO2/c1-18-13(17)5-8-15(16)11-9-14(10-12-15)6-3-2-4-7-14/h3-4,6-7,9-12H,2,5,8H2,1H3. The number of carbonyl (C=O) groups is 1. The van der Waals surface area contributed by atoms with Crippen molar-refractivity contribution in [2.45, 2.75) is 23.6 Å². The fourth-order valence-corrected chi connectivity index (χ4v) is 2.60. The molecule has 0 fully saturated rings. The number of methoxy groups -OCH3 is 1. The summed E-state index contributed by atoms with van der Waals surface area (Å²) in [7, 11) is 1.42. The van der Waals surface area contributed by atoms with Crippen LogP contribution in [-0.2, 0) is 9.53 Å². The number of alkyl halides is 1. The van der Waals surface area contributed by atoms with E-state index in [1.165, 1.54) is 7.11 Å². The molecule has 0 unspecified atom stereocenters. The average Bonchev–Trinajstić information content (AvgIpc) is 2.41. The first-order chi connectivity index (χ1) is 8.58. The van der Waals surface area contributed by atoms with E-state index in [9.17, 15) is 4.79 Å². The molecular weight excluding hydrogens is 292 g/mol. The Kier molecular flexibility index (Phi) is 3.91. The van der Waals surface area contributed by atoms with Crippen LogP contribution in [0.2, 0.25) is 0 Å². The maximum absolute atomic E-state index is 11.2. The maximum atomic E-state index is 11.2. The van der Waals surface area contributed by atoms with Crippen molar-refractivity contribution in [2.24, 2.45) is 5.41 Å². The lowest BCUT2D eigenvalue weighted by Crippen LogP contribution is -2.24.